The van der Waals surface area contributed by atoms with Crippen LogP contribution in [0.15, 0.2) is 0 Å². The Hall–Kier alpha value is -0.680. The molecule has 0 atom stereocenters. The Morgan fingerprint density at radius 1 is 1.35 bits per heavy atom. The Labute approximate surface area is 107 Å². The Balaban J connectivity index is 1.86. The second-order valence-corrected chi connectivity index (χ2v) is 5.99. The number of thiocarbonyl (C=S) groups is 1. The van der Waals surface area contributed by atoms with Crippen LogP contribution in [0.1, 0.15) is 32.6 Å². The van der Waals surface area contributed by atoms with Gasteiger partial charge in [-0.05, 0) is 31.1 Å². The number of hydrogen-bond acceptors (Lipinski definition) is 3. The van der Waals surface area contributed by atoms with Gasteiger partial charge < -0.3 is 15.8 Å². The predicted octanol–water partition coefficient (Wildman–Crippen LogP) is 0.986. The van der Waals surface area contributed by atoms with Crippen molar-refractivity contribution >= 4 is 23.1 Å². The molecule has 0 radical (unpaired) electrons. The zero-order chi connectivity index (χ0) is 12.5. The lowest BCUT2D eigenvalue weighted by atomic mass is 9.82. The summed E-state index contributed by atoms with van der Waals surface area (Å²) in [5.74, 6) is 0.0118. The maximum Gasteiger partial charge on any atom is 0.233 e. The number of hydrogen-bond donors (Lipinski definition) is 2. The first-order valence-corrected chi connectivity index (χ1v) is 6.55. The molecule has 0 spiro atoms. The van der Waals surface area contributed by atoms with Crippen LogP contribution in [-0.2, 0) is 9.53 Å². The van der Waals surface area contributed by atoms with Gasteiger partial charge in [0.1, 0.15) is 0 Å². The van der Waals surface area contributed by atoms with E-state index in [1.807, 2.05) is 0 Å². The molecule has 3 N–H and O–H groups in total. The predicted molar refractivity (Wildman–Crippen MR) is 69.6 cm³/mol. The first kappa shape index (κ1) is 12.8. The lowest BCUT2D eigenvalue weighted by Gasteiger charge is -2.34. The molecule has 0 unspecified atom stereocenters. The van der Waals surface area contributed by atoms with Crippen LogP contribution in [0.4, 0.5) is 0 Å². The Kier molecular flexibility index (Phi) is 3.41. The van der Waals surface area contributed by atoms with Crippen molar-refractivity contribution in [1.29, 1.82) is 0 Å². The summed E-state index contributed by atoms with van der Waals surface area (Å²) < 4.78 is 5.34. The van der Waals surface area contributed by atoms with Crippen molar-refractivity contribution in [2.75, 3.05) is 19.8 Å². The maximum atomic E-state index is 12.0. The smallest absolute Gasteiger partial charge is 0.233 e. The van der Waals surface area contributed by atoms with Crippen molar-refractivity contribution in [2.24, 2.45) is 16.6 Å². The van der Waals surface area contributed by atoms with Crippen LogP contribution in [0.3, 0.4) is 0 Å². The molecule has 2 rings (SSSR count). The van der Waals surface area contributed by atoms with Crippen LogP contribution in [0.25, 0.3) is 0 Å². The summed E-state index contributed by atoms with van der Waals surface area (Å²) in [6.07, 6.45) is 3.59. The van der Waals surface area contributed by atoms with Gasteiger partial charge in [0, 0.05) is 19.8 Å². The van der Waals surface area contributed by atoms with Crippen molar-refractivity contribution in [1.82, 2.24) is 5.32 Å². The summed E-state index contributed by atoms with van der Waals surface area (Å²) in [5, 5.41) is 3.01. The summed E-state index contributed by atoms with van der Waals surface area (Å²) in [4.78, 5) is 12.4. The summed E-state index contributed by atoms with van der Waals surface area (Å²) in [6, 6.07) is 0. The lowest BCUT2D eigenvalue weighted by molar-refractivity contribution is -0.124. The molecule has 1 saturated carbocycles. The first-order chi connectivity index (χ1) is 7.99. The van der Waals surface area contributed by atoms with E-state index in [-0.39, 0.29) is 11.3 Å². The summed E-state index contributed by atoms with van der Waals surface area (Å²) >= 11 is 4.97. The number of carbonyl (C=O) groups excluding carboxylic acids is 1. The third kappa shape index (κ3) is 2.60. The van der Waals surface area contributed by atoms with E-state index in [2.05, 4.69) is 12.2 Å². The third-order valence-corrected chi connectivity index (χ3v) is 4.42. The summed E-state index contributed by atoms with van der Waals surface area (Å²) in [6.45, 7) is 4.45. The fourth-order valence-corrected chi connectivity index (χ4v) is 2.51. The van der Waals surface area contributed by atoms with Crippen molar-refractivity contribution < 1.29 is 9.53 Å². The molecule has 5 heteroatoms. The van der Waals surface area contributed by atoms with Crippen LogP contribution in [0.2, 0.25) is 0 Å². The Morgan fingerprint density at radius 3 is 2.41 bits per heavy atom. The van der Waals surface area contributed by atoms with E-state index in [4.69, 9.17) is 22.7 Å². The minimum atomic E-state index is -0.531. The average molecular weight is 256 g/mol. The van der Waals surface area contributed by atoms with Crippen molar-refractivity contribution in [3.8, 4) is 0 Å². The highest BCUT2D eigenvalue weighted by Crippen LogP contribution is 2.46. The van der Waals surface area contributed by atoms with Gasteiger partial charge in [0.15, 0.2) is 0 Å². The number of carbonyl (C=O) groups is 1. The van der Waals surface area contributed by atoms with Crippen molar-refractivity contribution in [3.05, 3.63) is 0 Å². The van der Waals surface area contributed by atoms with E-state index in [0.717, 1.165) is 38.9 Å². The fraction of sp³-hybridized carbons (Fsp3) is 0.833. The minimum Gasteiger partial charge on any atom is -0.392 e. The van der Waals surface area contributed by atoms with E-state index < -0.39 is 5.41 Å². The van der Waals surface area contributed by atoms with E-state index >= 15 is 0 Å². The molecule has 0 bridgehead atoms. The van der Waals surface area contributed by atoms with Crippen LogP contribution in [-0.4, -0.2) is 30.7 Å². The van der Waals surface area contributed by atoms with Crippen LogP contribution >= 0.6 is 12.2 Å². The molecule has 1 heterocycles. The van der Waals surface area contributed by atoms with Crippen LogP contribution in [0.5, 0.6) is 0 Å². The van der Waals surface area contributed by atoms with E-state index in [1.165, 1.54) is 0 Å². The average Bonchev–Trinajstić information content (AvgIpc) is 3.08. The molecule has 0 aromatic rings. The largest absolute Gasteiger partial charge is 0.392 e. The zero-order valence-electron chi connectivity index (χ0n) is 10.3. The van der Waals surface area contributed by atoms with Crippen molar-refractivity contribution in [2.45, 2.75) is 32.6 Å². The number of rotatable bonds is 4. The number of nitrogens with one attached hydrogen (secondary N) is 1. The number of nitrogens with two attached hydrogens (primary N) is 1. The molecule has 0 aromatic heterocycles. The second kappa shape index (κ2) is 4.53. The van der Waals surface area contributed by atoms with Gasteiger partial charge in [-0.1, -0.05) is 19.1 Å². The second-order valence-electron chi connectivity index (χ2n) is 5.55. The van der Waals surface area contributed by atoms with Gasteiger partial charge in [0.05, 0.1) is 10.4 Å². The normalized spacial score (nSPS) is 25.0. The van der Waals surface area contributed by atoms with Crippen LogP contribution in [0, 0.1) is 10.8 Å². The highest BCUT2D eigenvalue weighted by Gasteiger charge is 2.52. The topological polar surface area (TPSA) is 64.4 Å². The summed E-state index contributed by atoms with van der Waals surface area (Å²) in [7, 11) is 0. The molecule has 1 aliphatic carbocycles. The van der Waals surface area contributed by atoms with Gasteiger partial charge in [-0.2, -0.15) is 0 Å². The molecule has 4 nitrogen and oxygen atoms in total. The third-order valence-electron chi connectivity index (χ3n) is 4.03. The monoisotopic (exact) mass is 256 g/mol. The molecule has 17 heavy (non-hydrogen) atoms. The molecular weight excluding hydrogens is 236 g/mol. The molecule has 1 saturated heterocycles. The Morgan fingerprint density at radius 2 is 1.94 bits per heavy atom. The minimum absolute atomic E-state index is 0.0118. The number of ether oxygens (including phenoxy) is 1. The molecule has 1 amide bonds. The van der Waals surface area contributed by atoms with E-state index in [0.29, 0.717) is 11.5 Å². The van der Waals surface area contributed by atoms with Gasteiger partial charge in [-0.3, -0.25) is 4.79 Å². The molecular formula is C12H20N2O2S. The molecule has 2 aliphatic rings. The molecule has 2 fully saturated rings. The summed E-state index contributed by atoms with van der Waals surface area (Å²) in [5.41, 5.74) is 5.25. The van der Waals surface area contributed by atoms with E-state index in [1.54, 1.807) is 0 Å². The molecule has 96 valence electrons. The highest BCUT2D eigenvalue weighted by molar-refractivity contribution is 7.80. The van der Waals surface area contributed by atoms with Crippen LogP contribution < -0.4 is 11.1 Å². The van der Waals surface area contributed by atoms with Crippen molar-refractivity contribution in [3.63, 3.8) is 0 Å². The van der Waals surface area contributed by atoms with Gasteiger partial charge in [-0.15, -0.1) is 0 Å². The first-order valence-electron chi connectivity index (χ1n) is 6.15. The zero-order valence-corrected chi connectivity index (χ0v) is 11.1. The standard InChI is InChI=1S/C12H20N2O2S/c1-11(4-6-16-7-5-11)8-14-10(15)12(2-3-12)9(13)17/h2-8H2,1H3,(H2,13,17)(H,14,15). The van der Waals surface area contributed by atoms with Gasteiger partial charge in [-0.25, -0.2) is 0 Å². The fourth-order valence-electron chi connectivity index (χ4n) is 2.21. The molecule has 1 aliphatic heterocycles. The van der Waals surface area contributed by atoms with Gasteiger partial charge in [0.25, 0.3) is 0 Å². The maximum absolute atomic E-state index is 12.0. The Bertz CT molecular complexity index is 333. The van der Waals surface area contributed by atoms with E-state index in [9.17, 15) is 4.79 Å². The van der Waals surface area contributed by atoms with Gasteiger partial charge in [0.2, 0.25) is 5.91 Å². The quantitative estimate of drug-likeness (QED) is 0.736. The van der Waals surface area contributed by atoms with Gasteiger partial charge >= 0.3 is 0 Å². The number of amides is 1. The SMILES string of the molecule is CC1(CNC(=O)C2(C(N)=S)CC2)CCOCC1. The lowest BCUT2D eigenvalue weighted by Crippen LogP contribution is -2.45. The highest BCUT2D eigenvalue weighted by atomic mass is 32.1. The molecule has 0 aromatic carbocycles.